The van der Waals surface area contributed by atoms with Gasteiger partial charge in [0.25, 0.3) is 5.91 Å². The average Bonchev–Trinajstić information content (AvgIpc) is 3.12. The topological polar surface area (TPSA) is 88.9 Å². The first-order valence-corrected chi connectivity index (χ1v) is 12.7. The summed E-state index contributed by atoms with van der Waals surface area (Å²) in [5.41, 5.74) is 3.53. The van der Waals surface area contributed by atoms with Crippen LogP contribution in [-0.4, -0.2) is 32.3 Å². The van der Waals surface area contributed by atoms with Gasteiger partial charge in [-0.2, -0.15) is 0 Å². The number of hydrogen-bond acceptors (Lipinski definition) is 5. The van der Waals surface area contributed by atoms with E-state index in [4.69, 9.17) is 0 Å². The van der Waals surface area contributed by atoms with Gasteiger partial charge in [0.1, 0.15) is 0 Å². The van der Waals surface area contributed by atoms with Crippen LogP contribution in [0.1, 0.15) is 47.2 Å². The van der Waals surface area contributed by atoms with Crippen LogP contribution in [-0.2, 0) is 11.8 Å². The maximum Gasteiger partial charge on any atom is 0.251 e. The predicted octanol–water partition coefficient (Wildman–Crippen LogP) is 4.89. The smallest absolute Gasteiger partial charge is 0.251 e. The van der Waals surface area contributed by atoms with E-state index in [9.17, 15) is 9.59 Å². The number of rotatable bonds is 8. The number of nitrogens with zero attached hydrogens (tertiary/aromatic N) is 3. The van der Waals surface area contributed by atoms with Crippen LogP contribution in [0.4, 0.5) is 5.69 Å². The molecule has 0 aliphatic rings. The molecule has 33 heavy (non-hydrogen) atoms. The first kappa shape index (κ1) is 25.2. The van der Waals surface area contributed by atoms with Gasteiger partial charge in [-0.05, 0) is 78.3 Å². The first-order valence-electron chi connectivity index (χ1n) is 10.6. The van der Waals surface area contributed by atoms with Gasteiger partial charge in [0, 0.05) is 21.9 Å². The molecule has 0 aliphatic carbocycles. The third-order valence-electron chi connectivity index (χ3n) is 5.21. The lowest BCUT2D eigenvalue weighted by atomic mass is 10.0. The van der Waals surface area contributed by atoms with E-state index in [1.54, 1.807) is 0 Å². The van der Waals surface area contributed by atoms with Crippen molar-refractivity contribution in [2.24, 2.45) is 13.0 Å². The number of hydrogen-bond donors (Lipinski definition) is 2. The standard InChI is InChI=1S/C24H28IN5O2S/c1-14(2)21(27-23(32)17-8-6-15(3)7-9-17)22-28-29-24(30(22)5)33-13-20(31)26-19-11-10-18(25)12-16(19)4/h6-12,14,21H,13H2,1-5H3,(H,26,31)(H,27,32)/t21-/m0/s1. The van der Waals surface area contributed by atoms with E-state index in [2.05, 4.69) is 43.4 Å². The van der Waals surface area contributed by atoms with Crippen LogP contribution >= 0.6 is 34.4 Å². The highest BCUT2D eigenvalue weighted by molar-refractivity contribution is 14.1. The molecule has 2 amide bonds. The molecule has 0 saturated heterocycles. The van der Waals surface area contributed by atoms with E-state index in [-0.39, 0.29) is 29.5 Å². The van der Waals surface area contributed by atoms with Gasteiger partial charge in [0.05, 0.1) is 11.8 Å². The van der Waals surface area contributed by atoms with Crippen molar-refractivity contribution in [3.63, 3.8) is 0 Å². The van der Waals surface area contributed by atoms with Crippen molar-refractivity contribution in [3.05, 3.63) is 68.5 Å². The molecule has 2 N–H and O–H groups in total. The highest BCUT2D eigenvalue weighted by Gasteiger charge is 2.25. The molecule has 3 rings (SSSR count). The summed E-state index contributed by atoms with van der Waals surface area (Å²) in [5.74, 6) is 0.702. The van der Waals surface area contributed by atoms with E-state index in [0.29, 0.717) is 16.5 Å². The fraction of sp³-hybridized carbons (Fsp3) is 0.333. The molecule has 1 atom stereocenters. The summed E-state index contributed by atoms with van der Waals surface area (Å²) in [6.45, 7) is 8.01. The molecule has 0 saturated carbocycles. The van der Waals surface area contributed by atoms with Crippen LogP contribution in [0.3, 0.4) is 0 Å². The number of carbonyl (C=O) groups excluding carboxylic acids is 2. The summed E-state index contributed by atoms with van der Waals surface area (Å²) in [6, 6.07) is 13.0. The van der Waals surface area contributed by atoms with Crippen LogP contribution in [0.15, 0.2) is 47.6 Å². The Morgan fingerprint density at radius 3 is 2.42 bits per heavy atom. The van der Waals surface area contributed by atoms with Crippen LogP contribution in [0.5, 0.6) is 0 Å². The van der Waals surface area contributed by atoms with Crippen molar-refractivity contribution in [1.82, 2.24) is 20.1 Å². The van der Waals surface area contributed by atoms with Gasteiger partial charge in [-0.3, -0.25) is 9.59 Å². The van der Waals surface area contributed by atoms with Crippen molar-refractivity contribution in [2.75, 3.05) is 11.1 Å². The maximum atomic E-state index is 12.8. The van der Waals surface area contributed by atoms with E-state index in [1.807, 2.05) is 81.8 Å². The van der Waals surface area contributed by atoms with Crippen molar-refractivity contribution < 1.29 is 9.59 Å². The number of thioether (sulfide) groups is 1. The first-order chi connectivity index (χ1) is 15.7. The van der Waals surface area contributed by atoms with E-state index < -0.39 is 0 Å². The van der Waals surface area contributed by atoms with Crippen molar-refractivity contribution in [3.8, 4) is 0 Å². The van der Waals surface area contributed by atoms with Gasteiger partial charge in [0.2, 0.25) is 5.91 Å². The molecule has 174 valence electrons. The Balaban J connectivity index is 1.66. The second kappa shape index (κ2) is 11.1. The number of aryl methyl sites for hydroxylation is 2. The number of nitrogens with one attached hydrogen (secondary N) is 2. The lowest BCUT2D eigenvalue weighted by Crippen LogP contribution is -2.33. The summed E-state index contributed by atoms with van der Waals surface area (Å²) in [5, 5.41) is 15.2. The highest BCUT2D eigenvalue weighted by atomic mass is 127. The van der Waals surface area contributed by atoms with Gasteiger partial charge in [-0.15, -0.1) is 10.2 Å². The number of aromatic nitrogens is 3. The lowest BCUT2D eigenvalue weighted by Gasteiger charge is -2.21. The number of benzene rings is 2. The second-order valence-electron chi connectivity index (χ2n) is 8.26. The van der Waals surface area contributed by atoms with Gasteiger partial charge >= 0.3 is 0 Å². The molecule has 1 heterocycles. The second-order valence-corrected chi connectivity index (χ2v) is 10.4. The molecule has 9 heteroatoms. The number of amides is 2. The van der Waals surface area contributed by atoms with E-state index in [1.165, 1.54) is 11.8 Å². The van der Waals surface area contributed by atoms with Crippen molar-refractivity contribution in [1.29, 1.82) is 0 Å². The van der Waals surface area contributed by atoms with Crippen molar-refractivity contribution >= 4 is 51.9 Å². The zero-order valence-electron chi connectivity index (χ0n) is 19.3. The van der Waals surface area contributed by atoms with Crippen molar-refractivity contribution in [2.45, 2.75) is 38.9 Å². The summed E-state index contributed by atoms with van der Waals surface area (Å²) in [4.78, 5) is 25.2. The Morgan fingerprint density at radius 2 is 1.79 bits per heavy atom. The van der Waals surface area contributed by atoms with Gasteiger partial charge in [-0.25, -0.2) is 0 Å². The number of carbonyl (C=O) groups is 2. The normalized spacial score (nSPS) is 12.0. The summed E-state index contributed by atoms with van der Waals surface area (Å²) >= 11 is 3.56. The third-order valence-corrected chi connectivity index (χ3v) is 6.90. The zero-order valence-corrected chi connectivity index (χ0v) is 22.3. The quantitative estimate of drug-likeness (QED) is 0.294. The number of anilines is 1. The minimum Gasteiger partial charge on any atom is -0.342 e. The fourth-order valence-electron chi connectivity index (χ4n) is 3.27. The van der Waals surface area contributed by atoms with E-state index in [0.717, 1.165) is 20.4 Å². The number of halogens is 1. The molecule has 0 spiro atoms. The lowest BCUT2D eigenvalue weighted by molar-refractivity contribution is -0.113. The minimum atomic E-state index is -0.311. The van der Waals surface area contributed by atoms with Gasteiger partial charge in [0.15, 0.2) is 11.0 Å². The zero-order chi connectivity index (χ0) is 24.1. The SMILES string of the molecule is Cc1ccc(C(=O)N[C@H](c2nnc(SCC(=O)Nc3ccc(I)cc3C)n2C)C(C)C)cc1. The Labute approximate surface area is 212 Å². The molecule has 2 aromatic carbocycles. The summed E-state index contributed by atoms with van der Waals surface area (Å²) in [6.07, 6.45) is 0. The molecular weight excluding hydrogens is 549 g/mol. The molecule has 0 aliphatic heterocycles. The Bertz CT molecular complexity index is 1140. The molecule has 0 bridgehead atoms. The predicted molar refractivity (Wildman–Crippen MR) is 140 cm³/mol. The fourth-order valence-corrected chi connectivity index (χ4v) is 4.63. The van der Waals surface area contributed by atoms with Gasteiger partial charge in [-0.1, -0.05) is 43.3 Å². The van der Waals surface area contributed by atoms with E-state index >= 15 is 0 Å². The third kappa shape index (κ3) is 6.57. The Hall–Kier alpha value is -2.40. The average molecular weight is 577 g/mol. The van der Waals surface area contributed by atoms with Crippen LogP contribution < -0.4 is 10.6 Å². The largest absolute Gasteiger partial charge is 0.342 e. The molecule has 0 radical (unpaired) electrons. The summed E-state index contributed by atoms with van der Waals surface area (Å²) in [7, 11) is 1.85. The molecule has 3 aromatic rings. The Kier molecular flexibility index (Phi) is 8.52. The Morgan fingerprint density at radius 1 is 1.09 bits per heavy atom. The molecule has 0 fully saturated rings. The molecule has 1 aromatic heterocycles. The van der Waals surface area contributed by atoms with Crippen LogP contribution in [0.2, 0.25) is 0 Å². The van der Waals surface area contributed by atoms with Crippen LogP contribution in [0, 0.1) is 23.3 Å². The summed E-state index contributed by atoms with van der Waals surface area (Å²) < 4.78 is 2.96. The minimum absolute atomic E-state index is 0.104. The maximum absolute atomic E-state index is 12.8. The highest BCUT2D eigenvalue weighted by Crippen LogP contribution is 2.25. The van der Waals surface area contributed by atoms with Crippen LogP contribution in [0.25, 0.3) is 0 Å². The molecule has 0 unspecified atom stereocenters. The monoisotopic (exact) mass is 577 g/mol. The molecule has 7 nitrogen and oxygen atoms in total. The molecular formula is C24H28IN5O2S. The van der Waals surface area contributed by atoms with Gasteiger partial charge < -0.3 is 15.2 Å².